The number of rotatable bonds is 19. The van der Waals surface area contributed by atoms with Gasteiger partial charge in [-0.1, -0.05) is 76.3 Å². The summed E-state index contributed by atoms with van der Waals surface area (Å²) in [6, 6.07) is 7.60. The number of likely N-dealkylation sites (N-methyl/N-ethyl adjacent to an activating group) is 2. The number of hydrogen-bond acceptors (Lipinski definition) is 6. The molecular formula is C36H54N4O5. The van der Waals surface area contributed by atoms with Gasteiger partial charge in [-0.3, -0.25) is 14.4 Å². The number of terminal acetylenes is 2. The largest absolute Gasteiger partial charge is 0.389 e. The minimum absolute atomic E-state index is 0.0266. The SMILES string of the molecule is C#CCC(NC(=O)C(CC(=O)N(C)CCN(CC)CC)Cc1ccccc1)C(=O)NC(CC1CCCCC1)C(O)C(O)CC#C. The van der Waals surface area contributed by atoms with Crippen LogP contribution in [-0.2, 0) is 20.8 Å². The topological polar surface area (TPSA) is 122 Å². The summed E-state index contributed by atoms with van der Waals surface area (Å²) in [6.45, 7) is 7.20. The van der Waals surface area contributed by atoms with Gasteiger partial charge in [-0.05, 0) is 37.4 Å². The van der Waals surface area contributed by atoms with Gasteiger partial charge in [0.15, 0.2) is 0 Å². The lowest BCUT2D eigenvalue weighted by Crippen LogP contribution is -2.55. The van der Waals surface area contributed by atoms with Crippen LogP contribution in [0.4, 0.5) is 0 Å². The van der Waals surface area contributed by atoms with Gasteiger partial charge in [0.05, 0.1) is 18.1 Å². The zero-order valence-corrected chi connectivity index (χ0v) is 27.4. The van der Waals surface area contributed by atoms with E-state index in [2.05, 4.69) is 41.2 Å². The molecule has 0 heterocycles. The van der Waals surface area contributed by atoms with Crippen LogP contribution in [0.3, 0.4) is 0 Å². The van der Waals surface area contributed by atoms with Crippen molar-refractivity contribution in [3.63, 3.8) is 0 Å². The molecule has 9 heteroatoms. The van der Waals surface area contributed by atoms with E-state index in [0.717, 1.165) is 57.3 Å². The molecule has 0 bridgehead atoms. The van der Waals surface area contributed by atoms with E-state index >= 15 is 0 Å². The van der Waals surface area contributed by atoms with E-state index < -0.39 is 42.0 Å². The minimum atomic E-state index is -1.27. The van der Waals surface area contributed by atoms with Crippen LogP contribution >= 0.6 is 0 Å². The van der Waals surface area contributed by atoms with Crippen molar-refractivity contribution < 1.29 is 24.6 Å². The normalized spacial score (nSPS) is 16.8. The zero-order chi connectivity index (χ0) is 33.2. The Bertz CT molecular complexity index is 1120. The summed E-state index contributed by atoms with van der Waals surface area (Å²) in [5, 5.41) is 27.1. The van der Waals surface area contributed by atoms with Crippen LogP contribution in [0.15, 0.2) is 30.3 Å². The van der Waals surface area contributed by atoms with Crippen LogP contribution in [0.25, 0.3) is 0 Å². The molecule has 45 heavy (non-hydrogen) atoms. The van der Waals surface area contributed by atoms with E-state index in [4.69, 9.17) is 12.8 Å². The predicted octanol–water partition coefficient (Wildman–Crippen LogP) is 2.74. The molecule has 0 saturated heterocycles. The summed E-state index contributed by atoms with van der Waals surface area (Å²) in [4.78, 5) is 44.5. The summed E-state index contributed by atoms with van der Waals surface area (Å²) in [7, 11) is 1.74. The predicted molar refractivity (Wildman–Crippen MR) is 178 cm³/mol. The third-order valence-electron chi connectivity index (χ3n) is 8.92. The molecule has 0 spiro atoms. The second-order valence-electron chi connectivity index (χ2n) is 12.2. The summed E-state index contributed by atoms with van der Waals surface area (Å²) >= 11 is 0. The van der Waals surface area contributed by atoms with E-state index in [0.29, 0.717) is 19.4 Å². The lowest BCUT2D eigenvalue weighted by atomic mass is 9.82. The summed E-state index contributed by atoms with van der Waals surface area (Å²) in [5.41, 5.74) is 0.896. The van der Waals surface area contributed by atoms with Crippen molar-refractivity contribution in [1.29, 1.82) is 0 Å². The highest BCUT2D eigenvalue weighted by molar-refractivity contribution is 5.91. The Balaban J connectivity index is 2.20. The minimum Gasteiger partial charge on any atom is -0.389 e. The number of carbonyl (C=O) groups is 3. The standard InChI is InChI=1S/C36H54N4O5/c1-6-16-30(36(45)38-31(34(43)32(41)17-7-2)25-28-20-14-11-15-21-28)37-35(44)29(24-27-18-12-10-13-19-27)26-33(42)39(5)22-23-40(8-3)9-4/h1-2,10,12-13,18-19,28-32,34,41,43H,8-9,11,14-17,20-26H2,3-5H3,(H,37,44)(H,38,45). The number of nitrogens with zero attached hydrogens (tertiary/aromatic N) is 2. The first-order valence-corrected chi connectivity index (χ1v) is 16.5. The van der Waals surface area contributed by atoms with E-state index in [1.807, 2.05) is 30.3 Å². The third kappa shape index (κ3) is 13.3. The molecule has 1 fully saturated rings. The summed E-state index contributed by atoms with van der Waals surface area (Å²) in [6.07, 6.45) is 14.4. The van der Waals surface area contributed by atoms with Gasteiger partial charge in [0.25, 0.3) is 0 Å². The molecule has 4 N–H and O–H groups in total. The van der Waals surface area contributed by atoms with Gasteiger partial charge in [-0.15, -0.1) is 24.7 Å². The number of aliphatic hydroxyl groups is 2. The molecule has 248 valence electrons. The number of nitrogens with one attached hydrogen (secondary N) is 2. The van der Waals surface area contributed by atoms with Gasteiger partial charge >= 0.3 is 0 Å². The molecule has 1 aliphatic carbocycles. The van der Waals surface area contributed by atoms with Crippen molar-refractivity contribution >= 4 is 17.7 Å². The van der Waals surface area contributed by atoms with Crippen molar-refractivity contribution in [3.05, 3.63) is 35.9 Å². The second kappa shape index (κ2) is 20.6. The molecule has 1 aromatic rings. The van der Waals surface area contributed by atoms with E-state index in [1.165, 1.54) is 0 Å². The van der Waals surface area contributed by atoms with Crippen LogP contribution in [0.1, 0.15) is 77.2 Å². The molecule has 3 amide bonds. The smallest absolute Gasteiger partial charge is 0.243 e. The molecule has 0 radical (unpaired) electrons. The van der Waals surface area contributed by atoms with Crippen LogP contribution in [-0.4, -0.2) is 95.3 Å². The average Bonchev–Trinajstić information content (AvgIpc) is 3.04. The second-order valence-corrected chi connectivity index (χ2v) is 12.2. The monoisotopic (exact) mass is 622 g/mol. The zero-order valence-electron chi connectivity index (χ0n) is 27.4. The first-order chi connectivity index (χ1) is 21.6. The number of hydrogen-bond donors (Lipinski definition) is 4. The Hall–Kier alpha value is -3.37. The first kappa shape index (κ1) is 37.8. The van der Waals surface area contributed by atoms with Gasteiger partial charge in [-0.25, -0.2) is 0 Å². The molecule has 1 saturated carbocycles. The number of carbonyl (C=O) groups excluding carboxylic acids is 3. The van der Waals surface area contributed by atoms with Gasteiger partial charge in [0.2, 0.25) is 17.7 Å². The van der Waals surface area contributed by atoms with Crippen molar-refractivity contribution in [3.8, 4) is 24.7 Å². The summed E-state index contributed by atoms with van der Waals surface area (Å²) in [5.74, 6) is 3.24. The van der Waals surface area contributed by atoms with Gasteiger partial charge < -0.3 is 30.6 Å². The molecule has 0 aliphatic heterocycles. The molecular weight excluding hydrogens is 568 g/mol. The van der Waals surface area contributed by atoms with E-state index in [-0.39, 0.29) is 31.1 Å². The number of benzene rings is 1. The number of aliphatic hydroxyl groups excluding tert-OH is 2. The fraction of sp³-hybridized carbons (Fsp3) is 0.639. The van der Waals surface area contributed by atoms with Crippen LogP contribution in [0.5, 0.6) is 0 Å². The van der Waals surface area contributed by atoms with Crippen LogP contribution in [0.2, 0.25) is 0 Å². The maximum atomic E-state index is 13.7. The Morgan fingerprint density at radius 2 is 1.58 bits per heavy atom. The Labute approximate surface area is 270 Å². The first-order valence-electron chi connectivity index (χ1n) is 16.5. The molecule has 1 aliphatic rings. The Morgan fingerprint density at radius 1 is 0.933 bits per heavy atom. The lowest BCUT2D eigenvalue weighted by molar-refractivity contribution is -0.137. The molecule has 5 atom stereocenters. The van der Waals surface area contributed by atoms with E-state index in [9.17, 15) is 24.6 Å². The van der Waals surface area contributed by atoms with Crippen molar-refractivity contribution in [2.24, 2.45) is 11.8 Å². The fourth-order valence-corrected chi connectivity index (χ4v) is 5.95. The highest BCUT2D eigenvalue weighted by Gasteiger charge is 2.33. The molecule has 5 unspecified atom stereocenters. The maximum absolute atomic E-state index is 13.7. The highest BCUT2D eigenvalue weighted by atomic mass is 16.3. The highest BCUT2D eigenvalue weighted by Crippen LogP contribution is 2.28. The Morgan fingerprint density at radius 3 is 2.18 bits per heavy atom. The van der Waals surface area contributed by atoms with Gasteiger partial charge in [0, 0.05) is 39.4 Å². The molecule has 0 aromatic heterocycles. The molecule has 9 nitrogen and oxygen atoms in total. The fourth-order valence-electron chi connectivity index (χ4n) is 5.95. The van der Waals surface area contributed by atoms with Crippen molar-refractivity contribution in [2.75, 3.05) is 33.2 Å². The van der Waals surface area contributed by atoms with E-state index in [1.54, 1.807) is 11.9 Å². The number of amides is 3. The Kier molecular flexibility index (Phi) is 17.3. The lowest BCUT2D eigenvalue weighted by Gasteiger charge is -2.33. The maximum Gasteiger partial charge on any atom is 0.243 e. The van der Waals surface area contributed by atoms with Crippen molar-refractivity contribution in [2.45, 2.75) is 102 Å². The van der Waals surface area contributed by atoms with Gasteiger partial charge in [0.1, 0.15) is 12.1 Å². The van der Waals surface area contributed by atoms with Gasteiger partial charge in [-0.2, -0.15) is 0 Å². The van der Waals surface area contributed by atoms with Crippen LogP contribution < -0.4 is 10.6 Å². The molecule has 2 rings (SSSR count). The molecule has 1 aromatic carbocycles. The summed E-state index contributed by atoms with van der Waals surface area (Å²) < 4.78 is 0. The van der Waals surface area contributed by atoms with Crippen LogP contribution in [0, 0.1) is 36.5 Å². The van der Waals surface area contributed by atoms with Crippen molar-refractivity contribution in [1.82, 2.24) is 20.4 Å². The quantitative estimate of drug-likeness (QED) is 0.176. The average molecular weight is 623 g/mol. The third-order valence-corrected chi connectivity index (χ3v) is 8.92.